The molecule has 9 heteroatoms. The minimum Gasteiger partial charge on any atom is -0.454 e. The summed E-state index contributed by atoms with van der Waals surface area (Å²) in [4.78, 5) is 29.2. The second-order valence-corrected chi connectivity index (χ2v) is 9.33. The Balaban J connectivity index is 1.26. The summed E-state index contributed by atoms with van der Waals surface area (Å²) in [7, 11) is 0. The van der Waals surface area contributed by atoms with Gasteiger partial charge >= 0.3 is 0 Å². The van der Waals surface area contributed by atoms with E-state index in [1.807, 2.05) is 42.5 Å². The number of rotatable bonds is 5. The molecule has 1 N–H and O–H groups in total. The third-order valence-corrected chi connectivity index (χ3v) is 7.27. The Kier molecular flexibility index (Phi) is 5.59. The van der Waals surface area contributed by atoms with Crippen LogP contribution < -0.4 is 24.6 Å². The van der Waals surface area contributed by atoms with E-state index in [0.29, 0.717) is 31.0 Å². The Morgan fingerprint density at radius 1 is 1.03 bits per heavy atom. The number of para-hydroxylation sites is 1. The van der Waals surface area contributed by atoms with Gasteiger partial charge in [-0.1, -0.05) is 24.3 Å². The highest BCUT2D eigenvalue weighted by atomic mass is 16.7. The molecule has 36 heavy (non-hydrogen) atoms. The Bertz CT molecular complexity index is 1310. The lowest BCUT2D eigenvalue weighted by atomic mass is 9.83. The quantitative estimate of drug-likeness (QED) is 0.435. The molecule has 0 aliphatic carbocycles. The summed E-state index contributed by atoms with van der Waals surface area (Å²) >= 11 is 0. The lowest BCUT2D eigenvalue weighted by molar-refractivity contribution is -0.384. The number of carbonyl (C=O) groups excluding carboxylic acids is 1. The number of amides is 1. The lowest BCUT2D eigenvalue weighted by Crippen LogP contribution is -2.61. The highest BCUT2D eigenvalue weighted by Crippen LogP contribution is 2.39. The highest BCUT2D eigenvalue weighted by molar-refractivity contribution is 5.82. The maximum atomic E-state index is 13.6. The van der Waals surface area contributed by atoms with Crippen LogP contribution in [0.25, 0.3) is 0 Å². The van der Waals surface area contributed by atoms with Crippen LogP contribution in [0.2, 0.25) is 0 Å². The van der Waals surface area contributed by atoms with Crippen LogP contribution in [0, 0.1) is 16.0 Å². The summed E-state index contributed by atoms with van der Waals surface area (Å²) < 4.78 is 10.8. The van der Waals surface area contributed by atoms with E-state index in [-0.39, 0.29) is 35.3 Å². The van der Waals surface area contributed by atoms with Crippen molar-refractivity contribution in [3.05, 3.63) is 88.0 Å². The van der Waals surface area contributed by atoms with Crippen molar-refractivity contribution in [1.82, 2.24) is 5.32 Å². The van der Waals surface area contributed by atoms with E-state index in [4.69, 9.17) is 9.47 Å². The zero-order valence-electron chi connectivity index (χ0n) is 19.6. The van der Waals surface area contributed by atoms with Gasteiger partial charge in [-0.25, -0.2) is 0 Å². The molecule has 1 amide bonds. The van der Waals surface area contributed by atoms with Gasteiger partial charge in [-0.05, 0) is 47.9 Å². The average molecular weight is 487 g/mol. The van der Waals surface area contributed by atoms with Crippen LogP contribution in [0.15, 0.2) is 66.7 Å². The van der Waals surface area contributed by atoms with Gasteiger partial charge in [0.05, 0.1) is 16.9 Å². The molecule has 1 fully saturated rings. The number of hydrogen-bond acceptors (Lipinski definition) is 7. The molecule has 9 nitrogen and oxygen atoms in total. The molecule has 0 spiro atoms. The molecular formula is C27H26N4O5. The molecule has 6 rings (SSSR count). The van der Waals surface area contributed by atoms with E-state index < -0.39 is 0 Å². The number of hydrogen-bond donors (Lipinski definition) is 1. The van der Waals surface area contributed by atoms with Gasteiger partial charge in [0.1, 0.15) is 0 Å². The van der Waals surface area contributed by atoms with Crippen LogP contribution in [-0.2, 0) is 17.8 Å². The molecule has 3 aromatic carbocycles. The third-order valence-electron chi connectivity index (χ3n) is 7.27. The van der Waals surface area contributed by atoms with E-state index >= 15 is 0 Å². The lowest BCUT2D eigenvalue weighted by Gasteiger charge is -2.49. The number of carbonyl (C=O) groups is 1. The van der Waals surface area contributed by atoms with E-state index in [2.05, 4.69) is 27.2 Å². The number of nitro groups is 1. The first-order valence-corrected chi connectivity index (χ1v) is 12.1. The molecule has 2 unspecified atom stereocenters. The van der Waals surface area contributed by atoms with Gasteiger partial charge in [0.15, 0.2) is 11.5 Å². The number of piperazine rings is 1. The van der Waals surface area contributed by atoms with E-state index in [9.17, 15) is 14.9 Å². The second kappa shape index (κ2) is 9.07. The van der Waals surface area contributed by atoms with Gasteiger partial charge in [-0.2, -0.15) is 0 Å². The summed E-state index contributed by atoms with van der Waals surface area (Å²) in [5.41, 5.74) is 3.93. The Morgan fingerprint density at radius 3 is 2.69 bits per heavy atom. The van der Waals surface area contributed by atoms with E-state index in [1.54, 1.807) is 12.1 Å². The number of nitro benzene ring substituents is 1. The van der Waals surface area contributed by atoms with Crippen molar-refractivity contribution in [3.63, 3.8) is 0 Å². The number of fused-ring (bicyclic) bond motifs is 4. The van der Waals surface area contributed by atoms with E-state index in [1.165, 1.54) is 0 Å². The van der Waals surface area contributed by atoms with Crippen molar-refractivity contribution in [2.45, 2.75) is 19.0 Å². The van der Waals surface area contributed by atoms with Crippen molar-refractivity contribution in [2.75, 3.05) is 36.2 Å². The smallest absolute Gasteiger partial charge is 0.269 e. The van der Waals surface area contributed by atoms with Crippen molar-refractivity contribution in [3.8, 4) is 11.5 Å². The molecule has 0 bridgehead atoms. The molecule has 0 saturated carbocycles. The summed E-state index contributed by atoms with van der Waals surface area (Å²) in [6.07, 6.45) is 0.452. The number of non-ortho nitro benzene ring substituents is 1. The Morgan fingerprint density at radius 2 is 1.86 bits per heavy atom. The summed E-state index contributed by atoms with van der Waals surface area (Å²) in [6.45, 7) is 2.80. The molecule has 3 aliphatic heterocycles. The third kappa shape index (κ3) is 4.06. The zero-order valence-corrected chi connectivity index (χ0v) is 19.6. The van der Waals surface area contributed by atoms with Crippen LogP contribution in [0.1, 0.15) is 11.1 Å². The van der Waals surface area contributed by atoms with Gasteiger partial charge in [-0.3, -0.25) is 14.9 Å². The predicted molar refractivity (Wildman–Crippen MR) is 134 cm³/mol. The van der Waals surface area contributed by atoms with Crippen molar-refractivity contribution in [2.24, 2.45) is 5.92 Å². The van der Waals surface area contributed by atoms with Gasteiger partial charge in [-0.15, -0.1) is 0 Å². The summed E-state index contributed by atoms with van der Waals surface area (Å²) in [5.74, 6) is 0.974. The number of benzene rings is 3. The fraction of sp³-hybridized carbons (Fsp3) is 0.296. The van der Waals surface area contributed by atoms with Crippen LogP contribution in [0.5, 0.6) is 11.5 Å². The molecule has 2 atom stereocenters. The maximum Gasteiger partial charge on any atom is 0.269 e. The highest BCUT2D eigenvalue weighted by Gasteiger charge is 2.42. The normalized spacial score (nSPS) is 19.9. The Hall–Kier alpha value is -4.27. The minimum atomic E-state index is -0.381. The SMILES string of the molecule is O=C(NCc1ccc2c(c1)OCO2)C1Cc2cc([N+](=O)[O-])ccc2N2CCN(c3ccccc3)CC12. The van der Waals surface area contributed by atoms with Crippen LogP contribution in [-0.4, -0.2) is 43.3 Å². The van der Waals surface area contributed by atoms with Crippen LogP contribution >= 0.6 is 0 Å². The second-order valence-electron chi connectivity index (χ2n) is 9.33. The molecule has 3 heterocycles. The number of ether oxygens (including phenoxy) is 2. The van der Waals surface area contributed by atoms with Crippen molar-refractivity contribution >= 4 is 23.0 Å². The fourth-order valence-corrected chi connectivity index (χ4v) is 5.47. The minimum absolute atomic E-state index is 0.0506. The molecule has 0 radical (unpaired) electrons. The molecule has 0 aromatic heterocycles. The van der Waals surface area contributed by atoms with Crippen LogP contribution in [0.4, 0.5) is 17.1 Å². The first-order chi connectivity index (χ1) is 17.6. The van der Waals surface area contributed by atoms with Gasteiger partial charge in [0.2, 0.25) is 12.7 Å². The molecular weight excluding hydrogens is 460 g/mol. The van der Waals surface area contributed by atoms with Gasteiger partial charge < -0.3 is 24.6 Å². The topological polar surface area (TPSA) is 97.2 Å². The monoisotopic (exact) mass is 486 g/mol. The molecule has 1 saturated heterocycles. The zero-order chi connectivity index (χ0) is 24.6. The number of anilines is 2. The fourth-order valence-electron chi connectivity index (χ4n) is 5.47. The van der Waals surface area contributed by atoms with Gasteiger partial charge in [0.25, 0.3) is 5.69 Å². The number of nitrogens with zero attached hydrogens (tertiary/aromatic N) is 3. The van der Waals surface area contributed by atoms with E-state index in [0.717, 1.165) is 35.6 Å². The molecule has 3 aromatic rings. The average Bonchev–Trinajstić information content (AvgIpc) is 3.39. The predicted octanol–water partition coefficient (Wildman–Crippen LogP) is 3.51. The van der Waals surface area contributed by atoms with Crippen LogP contribution in [0.3, 0.4) is 0 Å². The Labute approximate surface area is 208 Å². The molecule has 3 aliphatic rings. The summed E-state index contributed by atoms with van der Waals surface area (Å²) in [5, 5.41) is 14.5. The van der Waals surface area contributed by atoms with Crippen molar-refractivity contribution in [1.29, 1.82) is 0 Å². The number of nitrogens with one attached hydrogen (secondary N) is 1. The largest absolute Gasteiger partial charge is 0.454 e. The van der Waals surface area contributed by atoms with Crippen molar-refractivity contribution < 1.29 is 19.2 Å². The van der Waals surface area contributed by atoms with Gasteiger partial charge in [0, 0.05) is 49.7 Å². The first-order valence-electron chi connectivity index (χ1n) is 12.1. The summed E-state index contributed by atoms with van der Waals surface area (Å²) in [6, 6.07) is 20.8. The molecule has 184 valence electrons. The maximum absolute atomic E-state index is 13.6. The standard InChI is InChI=1S/C27H26N4O5/c32-27(28-15-18-6-9-25-26(12-18)36-17-35-25)22-14-19-13-21(31(33)34)7-8-23(19)30-11-10-29(16-24(22)30)20-4-2-1-3-5-20/h1-9,12-13,22,24H,10-11,14-17H2,(H,28,32). The first kappa shape index (κ1) is 22.2.